The van der Waals surface area contributed by atoms with Crippen LogP contribution in [-0.4, -0.2) is 103 Å². The highest BCUT2D eigenvalue weighted by atomic mass is 32.2. The predicted molar refractivity (Wildman–Crippen MR) is 101 cm³/mol. The summed E-state index contributed by atoms with van der Waals surface area (Å²) in [6, 6.07) is 1.58. The van der Waals surface area contributed by atoms with Crippen molar-refractivity contribution in [1.82, 2.24) is 23.9 Å². The Labute approximate surface area is 160 Å². The molecule has 1 unspecified atom stereocenters. The molecular formula is C17H29N5O4S. The number of likely N-dealkylation sites (tertiary alicyclic amines) is 1. The summed E-state index contributed by atoms with van der Waals surface area (Å²) in [4.78, 5) is 16.6. The number of hydrogen-bond acceptors (Lipinski definition) is 6. The first kappa shape index (κ1) is 20.2. The van der Waals surface area contributed by atoms with Crippen molar-refractivity contribution in [2.45, 2.75) is 19.4 Å². The van der Waals surface area contributed by atoms with E-state index in [4.69, 9.17) is 4.74 Å². The van der Waals surface area contributed by atoms with Crippen molar-refractivity contribution in [2.75, 3.05) is 58.7 Å². The van der Waals surface area contributed by atoms with E-state index < -0.39 is 10.0 Å². The van der Waals surface area contributed by atoms with Crippen LogP contribution >= 0.6 is 0 Å². The summed E-state index contributed by atoms with van der Waals surface area (Å²) in [7, 11) is -1.55. The van der Waals surface area contributed by atoms with Gasteiger partial charge in [0, 0.05) is 58.1 Å². The summed E-state index contributed by atoms with van der Waals surface area (Å²) in [5, 5.41) is 4.25. The van der Waals surface area contributed by atoms with Crippen LogP contribution < -0.4 is 0 Å². The van der Waals surface area contributed by atoms with Crippen molar-refractivity contribution in [3.05, 3.63) is 17.5 Å². The molecule has 2 fully saturated rings. The lowest BCUT2D eigenvalue weighted by molar-refractivity contribution is 0.0353. The normalized spacial score (nSPS) is 21.9. The van der Waals surface area contributed by atoms with Gasteiger partial charge < -0.3 is 9.64 Å². The Hall–Kier alpha value is -1.49. The maximum Gasteiger partial charge on any atom is 0.274 e. The van der Waals surface area contributed by atoms with Crippen molar-refractivity contribution in [3.8, 4) is 0 Å². The molecule has 27 heavy (non-hydrogen) atoms. The topological polar surface area (TPSA) is 88.0 Å². The minimum Gasteiger partial charge on any atom is -0.379 e. The number of aromatic nitrogens is 2. The van der Waals surface area contributed by atoms with Crippen LogP contribution in [0.25, 0.3) is 0 Å². The van der Waals surface area contributed by atoms with Crippen LogP contribution in [-0.2, 0) is 21.8 Å². The molecule has 152 valence electrons. The monoisotopic (exact) mass is 399 g/mol. The van der Waals surface area contributed by atoms with E-state index >= 15 is 0 Å². The van der Waals surface area contributed by atoms with E-state index in [1.807, 2.05) is 6.92 Å². The van der Waals surface area contributed by atoms with E-state index in [2.05, 4.69) is 10.00 Å². The summed E-state index contributed by atoms with van der Waals surface area (Å²) >= 11 is 0. The molecule has 1 aromatic rings. The number of carbonyl (C=O) groups excluding carboxylic acids is 1. The molecule has 9 nitrogen and oxygen atoms in total. The second-order valence-electron chi connectivity index (χ2n) is 7.32. The number of ether oxygens (including phenoxy) is 1. The smallest absolute Gasteiger partial charge is 0.274 e. The first-order valence-corrected chi connectivity index (χ1v) is 11.2. The van der Waals surface area contributed by atoms with Crippen LogP contribution in [0.1, 0.15) is 22.6 Å². The number of rotatable bonds is 6. The van der Waals surface area contributed by atoms with Gasteiger partial charge in [-0.1, -0.05) is 0 Å². The number of nitrogens with zero attached hydrogens (tertiary/aromatic N) is 5. The number of sulfonamides is 1. The fraction of sp³-hybridized carbons (Fsp3) is 0.765. The summed E-state index contributed by atoms with van der Waals surface area (Å²) in [6.45, 7) is 7.00. The Morgan fingerprint density at radius 3 is 2.63 bits per heavy atom. The summed E-state index contributed by atoms with van der Waals surface area (Å²) in [6.07, 6.45) is 1.90. The third kappa shape index (κ3) is 4.87. The van der Waals surface area contributed by atoms with Crippen LogP contribution in [0, 0.1) is 6.92 Å². The zero-order valence-electron chi connectivity index (χ0n) is 16.3. The van der Waals surface area contributed by atoms with Crippen LogP contribution in [0.4, 0.5) is 0 Å². The van der Waals surface area contributed by atoms with E-state index in [0.717, 1.165) is 18.8 Å². The Bertz CT molecular complexity index is 753. The number of aryl methyl sites for hydroxylation is 2. The second-order valence-corrected chi connectivity index (χ2v) is 9.25. The zero-order valence-corrected chi connectivity index (χ0v) is 17.1. The first-order valence-electron chi connectivity index (χ1n) is 9.32. The van der Waals surface area contributed by atoms with Crippen molar-refractivity contribution in [2.24, 2.45) is 7.05 Å². The molecule has 0 saturated carbocycles. The lowest BCUT2D eigenvalue weighted by Gasteiger charge is -2.31. The van der Waals surface area contributed by atoms with Gasteiger partial charge >= 0.3 is 0 Å². The Morgan fingerprint density at radius 1 is 1.33 bits per heavy atom. The third-order valence-corrected chi connectivity index (χ3v) is 6.69. The molecule has 0 radical (unpaired) electrons. The Kier molecular flexibility index (Phi) is 6.19. The molecule has 0 aromatic carbocycles. The molecule has 0 bridgehead atoms. The van der Waals surface area contributed by atoms with Crippen LogP contribution in [0.3, 0.4) is 0 Å². The number of hydrogen-bond donors (Lipinski definition) is 0. The van der Waals surface area contributed by atoms with Gasteiger partial charge in [0.25, 0.3) is 5.91 Å². The van der Waals surface area contributed by atoms with Crippen molar-refractivity contribution in [1.29, 1.82) is 0 Å². The molecule has 1 atom stereocenters. The standard InChI is InChI=1S/C17H29N5O4S/c1-14-12-16(18-19(14)2)17(23)21-5-4-15(13-21)22(27(3,24)25)7-6-20-8-10-26-11-9-20/h12,15H,4-11,13H2,1-3H3. The highest BCUT2D eigenvalue weighted by molar-refractivity contribution is 7.88. The van der Waals surface area contributed by atoms with E-state index in [1.54, 1.807) is 27.0 Å². The molecule has 10 heteroatoms. The fourth-order valence-electron chi connectivity index (χ4n) is 3.67. The van der Waals surface area contributed by atoms with Gasteiger partial charge in [-0.3, -0.25) is 14.4 Å². The van der Waals surface area contributed by atoms with E-state index in [-0.39, 0.29) is 11.9 Å². The average molecular weight is 400 g/mol. The minimum absolute atomic E-state index is 0.136. The number of morpholine rings is 1. The van der Waals surface area contributed by atoms with Gasteiger partial charge in [0.05, 0.1) is 19.5 Å². The minimum atomic E-state index is -3.35. The third-order valence-electron chi connectivity index (χ3n) is 5.36. The van der Waals surface area contributed by atoms with Crippen molar-refractivity contribution >= 4 is 15.9 Å². The highest BCUT2D eigenvalue weighted by Crippen LogP contribution is 2.20. The van der Waals surface area contributed by atoms with Gasteiger partial charge in [0.1, 0.15) is 0 Å². The predicted octanol–water partition coefficient (Wildman–Crippen LogP) is -0.463. The summed E-state index contributed by atoms with van der Waals surface area (Å²) < 4.78 is 33.3. The molecule has 2 saturated heterocycles. The van der Waals surface area contributed by atoms with Crippen LogP contribution in [0.5, 0.6) is 0 Å². The SMILES string of the molecule is Cc1cc(C(=O)N2CCC(N(CCN3CCOCC3)S(C)(=O)=O)C2)nn1C. The zero-order chi connectivity index (χ0) is 19.6. The quantitative estimate of drug-likeness (QED) is 0.643. The molecule has 3 heterocycles. The van der Waals surface area contributed by atoms with Crippen molar-refractivity contribution < 1.29 is 17.9 Å². The largest absolute Gasteiger partial charge is 0.379 e. The van der Waals surface area contributed by atoms with E-state index in [9.17, 15) is 13.2 Å². The van der Waals surface area contributed by atoms with Crippen LogP contribution in [0.2, 0.25) is 0 Å². The van der Waals surface area contributed by atoms with Gasteiger partial charge in [-0.25, -0.2) is 8.42 Å². The molecule has 1 aromatic heterocycles. The molecule has 2 aliphatic heterocycles. The maximum absolute atomic E-state index is 12.7. The molecule has 3 rings (SSSR count). The lowest BCUT2D eigenvalue weighted by Crippen LogP contribution is -2.47. The number of amides is 1. The maximum atomic E-state index is 12.7. The Balaban J connectivity index is 1.63. The molecule has 0 spiro atoms. The average Bonchev–Trinajstić information content (AvgIpc) is 3.22. The van der Waals surface area contributed by atoms with Gasteiger partial charge in [0.2, 0.25) is 10.0 Å². The number of carbonyl (C=O) groups is 1. The summed E-state index contributed by atoms with van der Waals surface area (Å²) in [5.41, 5.74) is 1.33. The Morgan fingerprint density at radius 2 is 2.04 bits per heavy atom. The van der Waals surface area contributed by atoms with Crippen molar-refractivity contribution in [3.63, 3.8) is 0 Å². The summed E-state index contributed by atoms with van der Waals surface area (Å²) in [5.74, 6) is -0.136. The van der Waals surface area contributed by atoms with E-state index in [1.165, 1.54) is 6.26 Å². The second kappa shape index (κ2) is 8.26. The highest BCUT2D eigenvalue weighted by Gasteiger charge is 2.35. The molecule has 0 aliphatic carbocycles. The van der Waals surface area contributed by atoms with Crippen LogP contribution in [0.15, 0.2) is 6.07 Å². The van der Waals surface area contributed by atoms with Gasteiger partial charge in [-0.15, -0.1) is 0 Å². The van der Waals surface area contributed by atoms with E-state index in [0.29, 0.717) is 51.5 Å². The molecule has 1 amide bonds. The first-order chi connectivity index (χ1) is 12.8. The van der Waals surface area contributed by atoms with Gasteiger partial charge in [-0.05, 0) is 19.4 Å². The van der Waals surface area contributed by atoms with Gasteiger partial charge in [0.15, 0.2) is 5.69 Å². The molecule has 2 aliphatic rings. The fourth-order valence-corrected chi connectivity index (χ4v) is 4.80. The lowest BCUT2D eigenvalue weighted by atomic mass is 10.2. The molecular weight excluding hydrogens is 370 g/mol. The van der Waals surface area contributed by atoms with Gasteiger partial charge in [-0.2, -0.15) is 9.40 Å². The molecule has 0 N–H and O–H groups in total.